The second kappa shape index (κ2) is 8.20. The van der Waals surface area contributed by atoms with E-state index in [0.717, 1.165) is 30.4 Å². The molecule has 0 fully saturated rings. The van der Waals surface area contributed by atoms with E-state index in [4.69, 9.17) is 0 Å². The standard InChI is InChI=1S/C18H22BrNO/c1-2-11-20-13-16(15-5-7-17(19)8-6-15)12-14-3-9-18(21)10-4-14/h3-10,16,20-21H,2,11-13H2,1H3. The van der Waals surface area contributed by atoms with Gasteiger partial charge in [0.2, 0.25) is 0 Å². The highest BCUT2D eigenvalue weighted by atomic mass is 79.9. The summed E-state index contributed by atoms with van der Waals surface area (Å²) >= 11 is 3.49. The number of nitrogens with one attached hydrogen (secondary N) is 1. The first-order valence-electron chi connectivity index (χ1n) is 7.43. The summed E-state index contributed by atoms with van der Waals surface area (Å²) in [4.78, 5) is 0. The highest BCUT2D eigenvalue weighted by Crippen LogP contribution is 2.23. The van der Waals surface area contributed by atoms with Gasteiger partial charge in [0.05, 0.1) is 0 Å². The zero-order chi connectivity index (χ0) is 15.1. The second-order valence-electron chi connectivity index (χ2n) is 5.32. The molecule has 0 aliphatic rings. The molecular weight excluding hydrogens is 326 g/mol. The van der Waals surface area contributed by atoms with Crippen molar-refractivity contribution in [1.82, 2.24) is 5.32 Å². The Morgan fingerprint density at radius 1 is 1.05 bits per heavy atom. The molecule has 0 spiro atoms. The molecule has 0 amide bonds. The molecule has 0 radical (unpaired) electrons. The van der Waals surface area contributed by atoms with E-state index in [2.05, 4.69) is 52.4 Å². The SMILES string of the molecule is CCCNCC(Cc1ccc(O)cc1)c1ccc(Br)cc1. The number of hydrogen-bond acceptors (Lipinski definition) is 2. The number of phenols is 1. The first-order chi connectivity index (χ1) is 10.2. The van der Waals surface area contributed by atoms with Gasteiger partial charge in [-0.15, -0.1) is 0 Å². The molecule has 2 N–H and O–H groups in total. The minimum atomic E-state index is 0.322. The van der Waals surface area contributed by atoms with Crippen LogP contribution in [0.2, 0.25) is 0 Å². The normalized spacial score (nSPS) is 12.3. The number of phenolic OH excluding ortho intramolecular Hbond substituents is 1. The van der Waals surface area contributed by atoms with Gasteiger partial charge in [-0.25, -0.2) is 0 Å². The van der Waals surface area contributed by atoms with Crippen LogP contribution in [0.4, 0.5) is 0 Å². The van der Waals surface area contributed by atoms with Gasteiger partial charge in [-0.2, -0.15) is 0 Å². The lowest BCUT2D eigenvalue weighted by Gasteiger charge is -2.18. The van der Waals surface area contributed by atoms with Crippen LogP contribution in [0.25, 0.3) is 0 Å². The van der Waals surface area contributed by atoms with Crippen molar-refractivity contribution in [2.24, 2.45) is 0 Å². The summed E-state index contributed by atoms with van der Waals surface area (Å²) in [6, 6.07) is 16.1. The van der Waals surface area contributed by atoms with Gasteiger partial charge in [0, 0.05) is 16.9 Å². The lowest BCUT2D eigenvalue weighted by atomic mass is 9.92. The molecular formula is C18H22BrNO. The van der Waals surface area contributed by atoms with Crippen LogP contribution in [0.15, 0.2) is 53.0 Å². The first kappa shape index (κ1) is 16.1. The highest BCUT2D eigenvalue weighted by Gasteiger charge is 2.12. The zero-order valence-electron chi connectivity index (χ0n) is 12.3. The van der Waals surface area contributed by atoms with Crippen molar-refractivity contribution in [3.05, 3.63) is 64.1 Å². The maximum atomic E-state index is 9.39. The van der Waals surface area contributed by atoms with Crippen LogP contribution in [0, 0.1) is 0 Å². The van der Waals surface area contributed by atoms with Gasteiger partial charge < -0.3 is 10.4 Å². The van der Waals surface area contributed by atoms with Gasteiger partial charge in [0.25, 0.3) is 0 Å². The van der Waals surface area contributed by atoms with Gasteiger partial charge >= 0.3 is 0 Å². The summed E-state index contributed by atoms with van der Waals surface area (Å²) in [7, 11) is 0. The number of benzene rings is 2. The average molecular weight is 348 g/mol. The second-order valence-corrected chi connectivity index (χ2v) is 6.24. The molecule has 3 heteroatoms. The number of rotatable bonds is 7. The Hall–Kier alpha value is -1.32. The minimum absolute atomic E-state index is 0.322. The van der Waals surface area contributed by atoms with Gasteiger partial charge in [-0.1, -0.05) is 47.1 Å². The number of halogens is 1. The molecule has 1 atom stereocenters. The van der Waals surface area contributed by atoms with E-state index in [1.54, 1.807) is 12.1 Å². The average Bonchev–Trinajstić information content (AvgIpc) is 2.49. The third-order valence-electron chi connectivity index (χ3n) is 3.58. The Kier molecular flexibility index (Phi) is 6.27. The van der Waals surface area contributed by atoms with Gasteiger partial charge in [-0.3, -0.25) is 0 Å². The quantitative estimate of drug-likeness (QED) is 0.723. The van der Waals surface area contributed by atoms with Crippen LogP contribution in [-0.2, 0) is 6.42 Å². The Bertz CT molecular complexity index is 536. The molecule has 0 aliphatic carbocycles. The van der Waals surface area contributed by atoms with Crippen LogP contribution in [-0.4, -0.2) is 18.2 Å². The summed E-state index contributed by atoms with van der Waals surface area (Å²) in [5, 5.41) is 12.9. The van der Waals surface area contributed by atoms with E-state index >= 15 is 0 Å². The topological polar surface area (TPSA) is 32.3 Å². The minimum Gasteiger partial charge on any atom is -0.508 e. The third-order valence-corrected chi connectivity index (χ3v) is 4.11. The summed E-state index contributed by atoms with van der Waals surface area (Å²) in [6.07, 6.45) is 2.12. The van der Waals surface area contributed by atoms with Crippen LogP contribution >= 0.6 is 15.9 Å². The van der Waals surface area contributed by atoms with Gasteiger partial charge in [0.15, 0.2) is 0 Å². The Labute approximate surface area is 135 Å². The number of hydrogen-bond donors (Lipinski definition) is 2. The summed E-state index contributed by atoms with van der Waals surface area (Å²) in [5.74, 6) is 0.761. The predicted molar refractivity (Wildman–Crippen MR) is 91.9 cm³/mol. The molecule has 0 aromatic heterocycles. The van der Waals surface area contributed by atoms with Crippen LogP contribution in [0.3, 0.4) is 0 Å². The van der Waals surface area contributed by atoms with Crippen molar-refractivity contribution in [1.29, 1.82) is 0 Å². The molecule has 21 heavy (non-hydrogen) atoms. The van der Waals surface area contributed by atoms with E-state index in [1.807, 2.05) is 12.1 Å². The zero-order valence-corrected chi connectivity index (χ0v) is 13.9. The van der Waals surface area contributed by atoms with Gasteiger partial charge in [-0.05, 0) is 54.8 Å². The lowest BCUT2D eigenvalue weighted by Crippen LogP contribution is -2.23. The van der Waals surface area contributed by atoms with Gasteiger partial charge in [0.1, 0.15) is 5.75 Å². The molecule has 0 heterocycles. The van der Waals surface area contributed by atoms with E-state index in [9.17, 15) is 5.11 Å². The van der Waals surface area contributed by atoms with Crippen molar-refractivity contribution in [3.8, 4) is 5.75 Å². The summed E-state index contributed by atoms with van der Waals surface area (Å²) < 4.78 is 1.11. The monoisotopic (exact) mass is 347 g/mol. The number of aromatic hydroxyl groups is 1. The molecule has 0 saturated heterocycles. The fraction of sp³-hybridized carbons (Fsp3) is 0.333. The smallest absolute Gasteiger partial charge is 0.115 e. The molecule has 2 nitrogen and oxygen atoms in total. The lowest BCUT2D eigenvalue weighted by molar-refractivity contribution is 0.475. The largest absolute Gasteiger partial charge is 0.508 e. The van der Waals surface area contributed by atoms with Crippen LogP contribution in [0.5, 0.6) is 5.75 Å². The first-order valence-corrected chi connectivity index (χ1v) is 8.22. The van der Waals surface area contributed by atoms with E-state index in [0.29, 0.717) is 11.7 Å². The van der Waals surface area contributed by atoms with E-state index in [-0.39, 0.29) is 0 Å². The van der Waals surface area contributed by atoms with Crippen molar-refractivity contribution in [3.63, 3.8) is 0 Å². The maximum Gasteiger partial charge on any atom is 0.115 e. The molecule has 112 valence electrons. The molecule has 2 aromatic rings. The fourth-order valence-electron chi connectivity index (χ4n) is 2.41. The fourth-order valence-corrected chi connectivity index (χ4v) is 2.68. The maximum absolute atomic E-state index is 9.39. The molecule has 1 unspecified atom stereocenters. The van der Waals surface area contributed by atoms with Crippen molar-refractivity contribution in [2.45, 2.75) is 25.7 Å². The van der Waals surface area contributed by atoms with Crippen molar-refractivity contribution >= 4 is 15.9 Å². The predicted octanol–water partition coefficient (Wildman–Crippen LogP) is 4.48. The van der Waals surface area contributed by atoms with Crippen LogP contribution < -0.4 is 5.32 Å². The molecule has 2 rings (SSSR count). The van der Waals surface area contributed by atoms with Crippen molar-refractivity contribution < 1.29 is 5.11 Å². The van der Waals surface area contributed by atoms with E-state index < -0.39 is 0 Å². The molecule has 0 saturated carbocycles. The Morgan fingerprint density at radius 3 is 2.33 bits per heavy atom. The summed E-state index contributed by atoms with van der Waals surface area (Å²) in [6.45, 7) is 4.20. The molecule has 0 aliphatic heterocycles. The molecule has 2 aromatic carbocycles. The van der Waals surface area contributed by atoms with Crippen molar-refractivity contribution in [2.75, 3.05) is 13.1 Å². The third kappa shape index (κ3) is 5.18. The summed E-state index contributed by atoms with van der Waals surface area (Å²) in [5.41, 5.74) is 2.59. The highest BCUT2D eigenvalue weighted by molar-refractivity contribution is 9.10. The Balaban J connectivity index is 2.11. The van der Waals surface area contributed by atoms with E-state index in [1.165, 1.54) is 11.1 Å². The Morgan fingerprint density at radius 2 is 1.71 bits per heavy atom. The van der Waals surface area contributed by atoms with Crippen LogP contribution in [0.1, 0.15) is 30.4 Å². The molecule has 0 bridgehead atoms.